The van der Waals surface area contributed by atoms with Crippen LogP contribution in [-0.4, -0.2) is 15.5 Å². The minimum Gasteiger partial charge on any atom is -0.218 e. The first-order valence-electron chi connectivity index (χ1n) is 4.26. The van der Waals surface area contributed by atoms with E-state index in [-0.39, 0.29) is 5.56 Å². The number of benzene rings is 1. The van der Waals surface area contributed by atoms with E-state index in [4.69, 9.17) is 0 Å². The zero-order valence-corrected chi connectivity index (χ0v) is 9.11. The Morgan fingerprint density at radius 1 is 1.33 bits per heavy atom. The van der Waals surface area contributed by atoms with Gasteiger partial charge in [-0.1, -0.05) is 0 Å². The quantitative estimate of drug-likeness (QED) is 0.864. The molecule has 0 bridgehead atoms. The highest BCUT2D eigenvalue weighted by molar-refractivity contribution is 7.89. The molecule has 1 aromatic carbocycles. The van der Waals surface area contributed by atoms with Gasteiger partial charge in [0.2, 0.25) is 10.0 Å². The van der Waals surface area contributed by atoms with Gasteiger partial charge in [-0.3, -0.25) is 0 Å². The first kappa shape index (κ1) is 12.1. The highest BCUT2D eigenvalue weighted by atomic mass is 32.2. The van der Waals surface area contributed by atoms with Crippen LogP contribution < -0.4 is 4.72 Å². The lowest BCUT2D eigenvalue weighted by Crippen LogP contribution is -2.24. The third-order valence-electron chi connectivity index (χ3n) is 2.15. The lowest BCUT2D eigenvalue weighted by molar-refractivity contribution is 0.560. The Morgan fingerprint density at radius 2 is 1.93 bits per heavy atom. The van der Waals surface area contributed by atoms with Crippen LogP contribution in [0.15, 0.2) is 18.2 Å². The van der Waals surface area contributed by atoms with E-state index in [2.05, 4.69) is 4.72 Å². The molecule has 0 aliphatic carbocycles. The van der Waals surface area contributed by atoms with Gasteiger partial charge in [0.1, 0.15) is 16.9 Å². The van der Waals surface area contributed by atoms with Gasteiger partial charge < -0.3 is 0 Å². The second-order valence-corrected chi connectivity index (χ2v) is 5.26. The fourth-order valence-corrected chi connectivity index (χ4v) is 2.04. The van der Waals surface area contributed by atoms with Gasteiger partial charge in [-0.2, -0.15) is 0 Å². The summed E-state index contributed by atoms with van der Waals surface area (Å²) < 4.78 is 50.8. The first-order valence-corrected chi connectivity index (χ1v) is 5.80. The average Bonchev–Trinajstić information content (AvgIpc) is 2.20. The summed E-state index contributed by atoms with van der Waals surface area (Å²) in [5.41, 5.74) is -0.177. The van der Waals surface area contributed by atoms with Gasteiger partial charge in [-0.05, 0) is 32.2 Å². The first-order chi connectivity index (χ1) is 6.88. The topological polar surface area (TPSA) is 46.2 Å². The summed E-state index contributed by atoms with van der Waals surface area (Å²) in [4.78, 5) is 0. The standard InChI is InChI=1S/C9H11F2NO2S/c1-6(15(13,14)12-2)8-5-7(10)3-4-9(8)11/h3-6,12H,1-2H3. The van der Waals surface area contributed by atoms with Crippen molar-refractivity contribution in [3.05, 3.63) is 35.4 Å². The summed E-state index contributed by atoms with van der Waals surface area (Å²) in [6.07, 6.45) is 0. The van der Waals surface area contributed by atoms with Crippen molar-refractivity contribution in [2.45, 2.75) is 12.2 Å². The van der Waals surface area contributed by atoms with Crippen molar-refractivity contribution in [2.75, 3.05) is 7.05 Å². The molecule has 1 rings (SSSR count). The highest BCUT2D eigenvalue weighted by Gasteiger charge is 2.23. The number of hydrogen-bond donors (Lipinski definition) is 1. The molecule has 0 fully saturated rings. The van der Waals surface area contributed by atoms with Crippen LogP contribution in [0.2, 0.25) is 0 Å². The van der Waals surface area contributed by atoms with Crippen LogP contribution in [0.4, 0.5) is 8.78 Å². The minimum atomic E-state index is -3.65. The Kier molecular flexibility index (Phi) is 3.41. The number of nitrogens with one attached hydrogen (secondary N) is 1. The molecular formula is C9H11F2NO2S. The van der Waals surface area contributed by atoms with E-state index in [0.29, 0.717) is 0 Å². The third-order valence-corrected chi connectivity index (χ3v) is 3.90. The molecule has 0 saturated carbocycles. The van der Waals surface area contributed by atoms with E-state index >= 15 is 0 Å². The molecule has 1 atom stereocenters. The van der Waals surface area contributed by atoms with Crippen LogP contribution in [0, 0.1) is 11.6 Å². The molecule has 3 nitrogen and oxygen atoms in total. The van der Waals surface area contributed by atoms with Crippen LogP contribution in [0.1, 0.15) is 17.7 Å². The molecule has 0 radical (unpaired) electrons. The van der Waals surface area contributed by atoms with E-state index in [1.807, 2.05) is 0 Å². The van der Waals surface area contributed by atoms with Crippen molar-refractivity contribution < 1.29 is 17.2 Å². The predicted molar refractivity (Wildman–Crippen MR) is 52.8 cm³/mol. The van der Waals surface area contributed by atoms with E-state index < -0.39 is 26.9 Å². The number of rotatable bonds is 3. The summed E-state index contributed by atoms with van der Waals surface area (Å²) in [5, 5.41) is -1.13. The van der Waals surface area contributed by atoms with Crippen molar-refractivity contribution in [3.63, 3.8) is 0 Å². The zero-order chi connectivity index (χ0) is 11.6. The monoisotopic (exact) mass is 235 g/mol. The van der Waals surface area contributed by atoms with Crippen molar-refractivity contribution >= 4 is 10.0 Å². The molecule has 6 heteroatoms. The second-order valence-electron chi connectivity index (χ2n) is 3.06. The Morgan fingerprint density at radius 3 is 2.47 bits per heavy atom. The maximum atomic E-state index is 13.2. The maximum absolute atomic E-state index is 13.2. The molecule has 1 N–H and O–H groups in total. The summed E-state index contributed by atoms with van der Waals surface area (Å²) in [6, 6.07) is 2.73. The lowest BCUT2D eigenvalue weighted by atomic mass is 10.1. The summed E-state index contributed by atoms with van der Waals surface area (Å²) >= 11 is 0. The Labute approximate surface area is 87.2 Å². The Bertz CT molecular complexity index is 459. The lowest BCUT2D eigenvalue weighted by Gasteiger charge is -2.12. The molecule has 84 valence electrons. The maximum Gasteiger partial charge on any atom is 0.218 e. The molecule has 0 spiro atoms. The fraction of sp³-hybridized carbons (Fsp3) is 0.333. The summed E-state index contributed by atoms with van der Waals surface area (Å²) in [7, 11) is -2.42. The molecule has 1 unspecified atom stereocenters. The van der Waals surface area contributed by atoms with Gasteiger partial charge in [0.25, 0.3) is 0 Å². The third kappa shape index (κ3) is 2.51. The zero-order valence-electron chi connectivity index (χ0n) is 8.29. The summed E-state index contributed by atoms with van der Waals surface area (Å²) in [5.74, 6) is -1.40. The molecule has 0 aliphatic rings. The van der Waals surface area contributed by atoms with Gasteiger partial charge in [0.15, 0.2) is 0 Å². The van der Waals surface area contributed by atoms with Crippen LogP contribution in [0.25, 0.3) is 0 Å². The largest absolute Gasteiger partial charge is 0.218 e. The number of sulfonamides is 1. The average molecular weight is 235 g/mol. The Hall–Kier alpha value is -1.01. The summed E-state index contributed by atoms with van der Waals surface area (Å²) in [6.45, 7) is 1.30. The normalized spacial score (nSPS) is 13.9. The highest BCUT2D eigenvalue weighted by Crippen LogP contribution is 2.24. The van der Waals surface area contributed by atoms with Gasteiger partial charge in [0, 0.05) is 5.56 Å². The van der Waals surface area contributed by atoms with Crippen LogP contribution in [0.5, 0.6) is 0 Å². The van der Waals surface area contributed by atoms with Gasteiger partial charge in [-0.25, -0.2) is 21.9 Å². The number of halogens is 2. The van der Waals surface area contributed by atoms with Crippen LogP contribution in [0.3, 0.4) is 0 Å². The molecular weight excluding hydrogens is 224 g/mol. The van der Waals surface area contributed by atoms with Crippen molar-refractivity contribution in [1.82, 2.24) is 4.72 Å². The smallest absolute Gasteiger partial charge is 0.218 e. The number of hydrogen-bond acceptors (Lipinski definition) is 2. The molecule has 0 heterocycles. The van der Waals surface area contributed by atoms with Crippen LogP contribution in [-0.2, 0) is 10.0 Å². The molecule has 1 aromatic rings. The fourth-order valence-electron chi connectivity index (χ4n) is 1.17. The van der Waals surface area contributed by atoms with Crippen molar-refractivity contribution in [2.24, 2.45) is 0 Å². The van der Waals surface area contributed by atoms with E-state index in [0.717, 1.165) is 18.2 Å². The van der Waals surface area contributed by atoms with E-state index in [1.165, 1.54) is 14.0 Å². The SMILES string of the molecule is CNS(=O)(=O)C(C)c1cc(F)ccc1F. The van der Waals surface area contributed by atoms with Gasteiger partial charge in [-0.15, -0.1) is 0 Å². The predicted octanol–water partition coefficient (Wildman–Crippen LogP) is 1.57. The minimum absolute atomic E-state index is 0.177. The molecule has 0 aromatic heterocycles. The molecule has 0 saturated heterocycles. The van der Waals surface area contributed by atoms with E-state index in [9.17, 15) is 17.2 Å². The van der Waals surface area contributed by atoms with Crippen molar-refractivity contribution in [3.8, 4) is 0 Å². The van der Waals surface area contributed by atoms with Crippen LogP contribution >= 0.6 is 0 Å². The van der Waals surface area contributed by atoms with Gasteiger partial charge >= 0.3 is 0 Å². The second kappa shape index (κ2) is 4.24. The van der Waals surface area contributed by atoms with E-state index in [1.54, 1.807) is 0 Å². The molecule has 0 aliphatic heterocycles. The molecule has 15 heavy (non-hydrogen) atoms. The Balaban J connectivity index is 3.22. The van der Waals surface area contributed by atoms with Crippen molar-refractivity contribution in [1.29, 1.82) is 0 Å². The van der Waals surface area contributed by atoms with Gasteiger partial charge in [0.05, 0.1) is 0 Å². The molecule has 0 amide bonds.